The molecule has 16 heavy (non-hydrogen) atoms. The van der Waals surface area contributed by atoms with Crippen molar-refractivity contribution in [1.29, 1.82) is 5.26 Å². The average Bonchev–Trinajstić information content (AvgIpc) is 2.19. The lowest BCUT2D eigenvalue weighted by atomic mass is 10.1. The summed E-state index contributed by atoms with van der Waals surface area (Å²) in [5.41, 5.74) is -0.406. The lowest BCUT2D eigenvalue weighted by Gasteiger charge is -2.08. The number of alkyl halides is 2. The first-order chi connectivity index (χ1) is 7.45. The number of nitrogens with zero attached hydrogens (tertiary/aromatic N) is 2. The standard InChI is InChI=1S/C10H8F2N2O2/c1-5-7(4-13)2-6(3-8(15)16)9(14-5)10(11)12/h2,10H,3H2,1H3,(H,15,16). The summed E-state index contributed by atoms with van der Waals surface area (Å²) in [7, 11) is 0. The fraction of sp³-hybridized carbons (Fsp3) is 0.300. The van der Waals surface area contributed by atoms with E-state index in [1.54, 1.807) is 6.07 Å². The Hall–Kier alpha value is -2.03. The Morgan fingerprint density at radius 1 is 1.69 bits per heavy atom. The van der Waals surface area contributed by atoms with Gasteiger partial charge in [0.2, 0.25) is 0 Å². The van der Waals surface area contributed by atoms with E-state index < -0.39 is 24.5 Å². The molecule has 0 amide bonds. The second kappa shape index (κ2) is 4.66. The Balaban J connectivity index is 3.32. The van der Waals surface area contributed by atoms with Crippen molar-refractivity contribution in [3.8, 4) is 6.07 Å². The van der Waals surface area contributed by atoms with Crippen molar-refractivity contribution in [3.63, 3.8) is 0 Å². The molecule has 6 heteroatoms. The van der Waals surface area contributed by atoms with Crippen LogP contribution >= 0.6 is 0 Å². The van der Waals surface area contributed by atoms with Crippen molar-refractivity contribution in [1.82, 2.24) is 4.98 Å². The van der Waals surface area contributed by atoms with Gasteiger partial charge in [0.05, 0.1) is 17.7 Å². The summed E-state index contributed by atoms with van der Waals surface area (Å²) >= 11 is 0. The van der Waals surface area contributed by atoms with E-state index in [0.717, 1.165) is 6.07 Å². The van der Waals surface area contributed by atoms with Crippen LogP contribution < -0.4 is 0 Å². The summed E-state index contributed by atoms with van der Waals surface area (Å²) < 4.78 is 25.1. The maximum Gasteiger partial charge on any atom is 0.307 e. The first-order valence-electron chi connectivity index (χ1n) is 4.36. The number of aromatic nitrogens is 1. The van der Waals surface area contributed by atoms with Crippen LogP contribution in [0.5, 0.6) is 0 Å². The molecule has 1 N–H and O–H groups in total. The Kier molecular flexibility index (Phi) is 3.51. The van der Waals surface area contributed by atoms with Gasteiger partial charge in [-0.3, -0.25) is 9.78 Å². The molecule has 84 valence electrons. The van der Waals surface area contributed by atoms with Crippen LogP contribution in [0.4, 0.5) is 8.78 Å². The highest BCUT2D eigenvalue weighted by atomic mass is 19.3. The number of carboxylic acid groups (broad SMARTS) is 1. The van der Waals surface area contributed by atoms with Gasteiger partial charge in [-0.2, -0.15) is 5.26 Å². The molecule has 0 aliphatic heterocycles. The third kappa shape index (κ3) is 2.51. The van der Waals surface area contributed by atoms with E-state index in [0.29, 0.717) is 0 Å². The molecule has 0 radical (unpaired) electrons. The normalized spacial score (nSPS) is 10.2. The van der Waals surface area contributed by atoms with Gasteiger partial charge in [-0.05, 0) is 18.6 Å². The van der Waals surface area contributed by atoms with Gasteiger partial charge < -0.3 is 5.11 Å². The average molecular weight is 226 g/mol. The van der Waals surface area contributed by atoms with E-state index in [1.165, 1.54) is 6.92 Å². The van der Waals surface area contributed by atoms with Crippen molar-refractivity contribution in [3.05, 3.63) is 28.6 Å². The Morgan fingerprint density at radius 3 is 2.75 bits per heavy atom. The number of aliphatic carboxylic acids is 1. The molecular weight excluding hydrogens is 218 g/mol. The summed E-state index contributed by atoms with van der Waals surface area (Å²) in [5, 5.41) is 17.2. The first-order valence-corrected chi connectivity index (χ1v) is 4.36. The number of carbonyl (C=O) groups is 1. The molecule has 1 aromatic rings. The van der Waals surface area contributed by atoms with Crippen molar-refractivity contribution in [2.24, 2.45) is 0 Å². The third-order valence-corrected chi connectivity index (χ3v) is 1.99. The maximum absolute atomic E-state index is 12.6. The highest BCUT2D eigenvalue weighted by Gasteiger charge is 2.19. The van der Waals surface area contributed by atoms with E-state index in [-0.39, 0.29) is 16.8 Å². The van der Waals surface area contributed by atoms with Crippen LogP contribution in [-0.2, 0) is 11.2 Å². The number of aryl methyl sites for hydroxylation is 1. The minimum absolute atomic E-state index is 0.112. The van der Waals surface area contributed by atoms with E-state index in [9.17, 15) is 13.6 Å². The van der Waals surface area contributed by atoms with Crippen LogP contribution in [0.25, 0.3) is 0 Å². The van der Waals surface area contributed by atoms with Gasteiger partial charge in [0.15, 0.2) is 0 Å². The van der Waals surface area contributed by atoms with Crippen LogP contribution in [0.3, 0.4) is 0 Å². The molecule has 0 saturated heterocycles. The van der Waals surface area contributed by atoms with Gasteiger partial charge in [-0.1, -0.05) is 0 Å². The van der Waals surface area contributed by atoms with Crippen molar-refractivity contribution in [2.45, 2.75) is 19.8 Å². The van der Waals surface area contributed by atoms with Gasteiger partial charge >= 0.3 is 5.97 Å². The molecule has 0 unspecified atom stereocenters. The summed E-state index contributed by atoms with van der Waals surface area (Å²) in [6.07, 6.45) is -3.41. The smallest absolute Gasteiger partial charge is 0.307 e. The van der Waals surface area contributed by atoms with E-state index >= 15 is 0 Å². The highest BCUT2D eigenvalue weighted by Crippen LogP contribution is 2.23. The zero-order chi connectivity index (χ0) is 12.3. The summed E-state index contributed by atoms with van der Waals surface area (Å²) in [6, 6.07) is 2.93. The zero-order valence-electron chi connectivity index (χ0n) is 8.37. The molecule has 1 heterocycles. The molecule has 0 spiro atoms. The lowest BCUT2D eigenvalue weighted by Crippen LogP contribution is -2.08. The van der Waals surface area contributed by atoms with Gasteiger partial charge in [-0.25, -0.2) is 8.78 Å². The van der Waals surface area contributed by atoms with Crippen molar-refractivity contribution in [2.75, 3.05) is 0 Å². The lowest BCUT2D eigenvalue weighted by molar-refractivity contribution is -0.136. The molecule has 1 aromatic heterocycles. The largest absolute Gasteiger partial charge is 0.481 e. The second-order valence-electron chi connectivity index (χ2n) is 3.15. The zero-order valence-corrected chi connectivity index (χ0v) is 8.37. The molecule has 0 aliphatic rings. The van der Waals surface area contributed by atoms with Gasteiger partial charge in [0.1, 0.15) is 11.8 Å². The number of pyridine rings is 1. The highest BCUT2D eigenvalue weighted by molar-refractivity contribution is 5.70. The molecule has 0 aliphatic carbocycles. The van der Waals surface area contributed by atoms with Crippen LogP contribution in [-0.4, -0.2) is 16.1 Å². The Labute approximate surface area is 90.2 Å². The Morgan fingerprint density at radius 2 is 2.31 bits per heavy atom. The van der Waals surface area contributed by atoms with Crippen molar-refractivity contribution < 1.29 is 18.7 Å². The fourth-order valence-electron chi connectivity index (χ4n) is 1.27. The predicted molar refractivity (Wildman–Crippen MR) is 50.0 cm³/mol. The molecular formula is C10H8F2N2O2. The molecule has 0 bridgehead atoms. The summed E-state index contributed by atoms with van der Waals surface area (Å²) in [6.45, 7) is 1.43. The molecule has 0 fully saturated rings. The number of hydrogen-bond donors (Lipinski definition) is 1. The minimum Gasteiger partial charge on any atom is -0.481 e. The minimum atomic E-state index is -2.85. The van der Waals surface area contributed by atoms with Gasteiger partial charge in [0, 0.05) is 0 Å². The van der Waals surface area contributed by atoms with Crippen LogP contribution in [0.2, 0.25) is 0 Å². The molecule has 4 nitrogen and oxygen atoms in total. The predicted octanol–water partition coefficient (Wildman–Crippen LogP) is 1.83. The van der Waals surface area contributed by atoms with Crippen LogP contribution in [0.1, 0.15) is 28.9 Å². The van der Waals surface area contributed by atoms with E-state index in [2.05, 4.69) is 4.98 Å². The second-order valence-corrected chi connectivity index (χ2v) is 3.15. The SMILES string of the molecule is Cc1nc(C(F)F)c(CC(=O)O)cc1C#N. The van der Waals surface area contributed by atoms with Gasteiger partial charge in [0.25, 0.3) is 6.43 Å². The van der Waals surface area contributed by atoms with Crippen LogP contribution in [0.15, 0.2) is 6.07 Å². The molecule has 0 atom stereocenters. The maximum atomic E-state index is 12.6. The van der Waals surface area contributed by atoms with E-state index in [1.807, 2.05) is 0 Å². The number of rotatable bonds is 3. The van der Waals surface area contributed by atoms with Gasteiger partial charge in [-0.15, -0.1) is 0 Å². The monoisotopic (exact) mass is 226 g/mol. The van der Waals surface area contributed by atoms with Crippen LogP contribution in [0, 0.1) is 18.3 Å². The fourth-order valence-corrected chi connectivity index (χ4v) is 1.27. The molecule has 1 rings (SSSR count). The first kappa shape index (κ1) is 12.0. The topological polar surface area (TPSA) is 74.0 Å². The summed E-state index contributed by atoms with van der Waals surface area (Å²) in [5.74, 6) is -1.24. The van der Waals surface area contributed by atoms with E-state index in [4.69, 9.17) is 10.4 Å². The molecule has 0 aromatic carbocycles. The van der Waals surface area contributed by atoms with Crippen molar-refractivity contribution >= 4 is 5.97 Å². The quantitative estimate of drug-likeness (QED) is 0.853. The summed E-state index contributed by atoms with van der Waals surface area (Å²) in [4.78, 5) is 14.0. The number of hydrogen-bond acceptors (Lipinski definition) is 3. The third-order valence-electron chi connectivity index (χ3n) is 1.99. The molecule has 0 saturated carbocycles. The Bertz CT molecular complexity index is 467. The number of halogens is 2. The number of carboxylic acids is 1. The number of nitriles is 1.